The Morgan fingerprint density at radius 2 is 2.21 bits per heavy atom. The quantitative estimate of drug-likeness (QED) is 0.902. The van der Waals surface area contributed by atoms with Crippen LogP contribution in [0.5, 0.6) is 0 Å². The van der Waals surface area contributed by atoms with E-state index >= 15 is 0 Å². The number of halogens is 1. The molecule has 0 radical (unpaired) electrons. The highest BCUT2D eigenvalue weighted by Crippen LogP contribution is 2.25. The number of rotatable bonds is 5. The fraction of sp³-hybridized carbons (Fsp3) is 0.357. The molecule has 3 nitrogen and oxygen atoms in total. The van der Waals surface area contributed by atoms with E-state index in [4.69, 9.17) is 0 Å². The SMILES string of the molecule is CNCc1cnc(C)cc1N(C)Cc1cc(Br)cs1. The van der Waals surface area contributed by atoms with E-state index in [1.165, 1.54) is 16.1 Å². The first-order chi connectivity index (χ1) is 9.10. The third-order valence-corrected chi connectivity index (χ3v) is 4.57. The van der Waals surface area contributed by atoms with Crippen molar-refractivity contribution in [3.05, 3.63) is 44.3 Å². The zero-order chi connectivity index (χ0) is 13.8. The Morgan fingerprint density at radius 3 is 2.84 bits per heavy atom. The van der Waals surface area contributed by atoms with E-state index in [1.54, 1.807) is 11.3 Å². The maximum atomic E-state index is 4.38. The van der Waals surface area contributed by atoms with Gasteiger partial charge in [-0.05, 0) is 42.0 Å². The van der Waals surface area contributed by atoms with Crippen LogP contribution >= 0.6 is 27.3 Å². The zero-order valence-electron chi connectivity index (χ0n) is 11.4. The number of aryl methyl sites for hydroxylation is 1. The van der Waals surface area contributed by atoms with Gasteiger partial charge in [0.25, 0.3) is 0 Å². The van der Waals surface area contributed by atoms with Gasteiger partial charge >= 0.3 is 0 Å². The molecule has 19 heavy (non-hydrogen) atoms. The van der Waals surface area contributed by atoms with Gasteiger partial charge in [-0.3, -0.25) is 4.98 Å². The van der Waals surface area contributed by atoms with E-state index in [-0.39, 0.29) is 0 Å². The summed E-state index contributed by atoms with van der Waals surface area (Å²) in [6.45, 7) is 3.78. The molecule has 0 unspecified atom stereocenters. The minimum atomic E-state index is 0.834. The van der Waals surface area contributed by atoms with E-state index in [2.05, 4.69) is 55.7 Å². The number of nitrogens with zero attached hydrogens (tertiary/aromatic N) is 2. The van der Waals surface area contributed by atoms with Crippen LogP contribution in [-0.4, -0.2) is 19.1 Å². The lowest BCUT2D eigenvalue weighted by atomic mass is 10.2. The van der Waals surface area contributed by atoms with Crippen LogP contribution in [0.25, 0.3) is 0 Å². The van der Waals surface area contributed by atoms with Gasteiger partial charge in [-0.2, -0.15) is 0 Å². The molecule has 0 spiro atoms. The van der Waals surface area contributed by atoms with Crippen molar-refractivity contribution in [3.8, 4) is 0 Å². The average molecular weight is 340 g/mol. The van der Waals surface area contributed by atoms with Crippen LogP contribution in [0.2, 0.25) is 0 Å². The highest BCUT2D eigenvalue weighted by molar-refractivity contribution is 9.10. The maximum Gasteiger partial charge on any atom is 0.0520 e. The normalized spacial score (nSPS) is 10.7. The maximum absolute atomic E-state index is 4.38. The van der Waals surface area contributed by atoms with Crippen molar-refractivity contribution in [3.63, 3.8) is 0 Å². The van der Waals surface area contributed by atoms with Crippen LogP contribution in [0.4, 0.5) is 5.69 Å². The van der Waals surface area contributed by atoms with Crippen LogP contribution in [-0.2, 0) is 13.1 Å². The summed E-state index contributed by atoms with van der Waals surface area (Å²) < 4.78 is 1.15. The molecular formula is C14H18BrN3S. The molecule has 0 aliphatic carbocycles. The van der Waals surface area contributed by atoms with E-state index in [0.29, 0.717) is 0 Å². The van der Waals surface area contributed by atoms with E-state index < -0.39 is 0 Å². The third-order valence-electron chi connectivity index (χ3n) is 2.89. The molecule has 2 rings (SSSR count). The smallest absolute Gasteiger partial charge is 0.0520 e. The minimum Gasteiger partial charge on any atom is -0.369 e. The predicted molar refractivity (Wildman–Crippen MR) is 85.9 cm³/mol. The summed E-state index contributed by atoms with van der Waals surface area (Å²) >= 11 is 5.28. The Labute approximate surface area is 126 Å². The molecule has 2 aromatic heterocycles. The largest absolute Gasteiger partial charge is 0.369 e. The number of thiophene rings is 1. The van der Waals surface area contributed by atoms with Crippen molar-refractivity contribution in [2.75, 3.05) is 19.0 Å². The topological polar surface area (TPSA) is 28.2 Å². The fourth-order valence-corrected chi connectivity index (χ4v) is 3.51. The first-order valence-electron chi connectivity index (χ1n) is 6.14. The molecule has 5 heteroatoms. The number of nitrogens with one attached hydrogen (secondary N) is 1. The number of pyridine rings is 1. The molecule has 0 saturated heterocycles. The molecule has 0 aliphatic rings. The Balaban J connectivity index is 2.21. The molecule has 0 bridgehead atoms. The summed E-state index contributed by atoms with van der Waals surface area (Å²) in [5.41, 5.74) is 3.52. The Hall–Kier alpha value is -0.910. The van der Waals surface area contributed by atoms with Gasteiger partial charge in [0.1, 0.15) is 0 Å². The molecule has 102 valence electrons. The highest BCUT2D eigenvalue weighted by Gasteiger charge is 2.10. The molecule has 0 saturated carbocycles. The van der Waals surface area contributed by atoms with Crippen molar-refractivity contribution in [2.24, 2.45) is 0 Å². The van der Waals surface area contributed by atoms with Crippen molar-refractivity contribution in [1.29, 1.82) is 0 Å². The monoisotopic (exact) mass is 339 g/mol. The average Bonchev–Trinajstić information content (AvgIpc) is 2.77. The third kappa shape index (κ3) is 3.78. The first-order valence-corrected chi connectivity index (χ1v) is 7.81. The van der Waals surface area contributed by atoms with Crippen molar-refractivity contribution < 1.29 is 0 Å². The second-order valence-corrected chi connectivity index (χ2v) is 6.48. The van der Waals surface area contributed by atoms with Crippen LogP contribution in [0, 0.1) is 6.92 Å². The number of anilines is 1. The Kier molecular flexibility index (Phi) is 4.96. The molecule has 0 fully saturated rings. The summed E-state index contributed by atoms with van der Waals surface area (Å²) in [5, 5.41) is 5.32. The standard InChI is InChI=1S/C14H18BrN3S/c1-10-4-14(11(6-16-2)7-17-10)18(3)8-13-5-12(15)9-19-13/h4-5,7,9,16H,6,8H2,1-3H3. The van der Waals surface area contributed by atoms with Gasteiger partial charge in [-0.15, -0.1) is 11.3 Å². The van der Waals surface area contributed by atoms with Gasteiger partial charge in [-0.1, -0.05) is 0 Å². The van der Waals surface area contributed by atoms with Gasteiger partial charge in [0.05, 0.1) is 6.54 Å². The predicted octanol–water partition coefficient (Wildman–Crippen LogP) is 3.57. The molecular weight excluding hydrogens is 322 g/mol. The van der Waals surface area contributed by atoms with E-state index in [9.17, 15) is 0 Å². The van der Waals surface area contributed by atoms with Crippen LogP contribution < -0.4 is 10.2 Å². The Bertz CT molecular complexity index is 553. The molecule has 2 aromatic rings. The second-order valence-electron chi connectivity index (χ2n) is 4.57. The van der Waals surface area contributed by atoms with Crippen LogP contribution in [0.3, 0.4) is 0 Å². The summed E-state index contributed by atoms with van der Waals surface area (Å²) in [6.07, 6.45) is 1.96. The molecule has 0 amide bonds. The van der Waals surface area contributed by atoms with Gasteiger partial charge in [0, 0.05) is 51.5 Å². The lowest BCUT2D eigenvalue weighted by Gasteiger charge is -2.22. The van der Waals surface area contributed by atoms with Gasteiger partial charge in [0.15, 0.2) is 0 Å². The van der Waals surface area contributed by atoms with Crippen LogP contribution in [0.1, 0.15) is 16.1 Å². The van der Waals surface area contributed by atoms with Gasteiger partial charge in [-0.25, -0.2) is 0 Å². The lowest BCUT2D eigenvalue weighted by Crippen LogP contribution is -2.19. The zero-order valence-corrected chi connectivity index (χ0v) is 13.8. The van der Waals surface area contributed by atoms with Crippen LogP contribution in [0.15, 0.2) is 28.2 Å². The minimum absolute atomic E-state index is 0.834. The number of hydrogen-bond acceptors (Lipinski definition) is 4. The second kappa shape index (κ2) is 6.50. The first kappa shape index (κ1) is 14.5. The number of aromatic nitrogens is 1. The van der Waals surface area contributed by atoms with Crippen molar-refractivity contribution >= 4 is 33.0 Å². The molecule has 0 atom stereocenters. The van der Waals surface area contributed by atoms with Crippen molar-refractivity contribution in [1.82, 2.24) is 10.3 Å². The summed E-state index contributed by atoms with van der Waals surface area (Å²) in [7, 11) is 4.08. The van der Waals surface area contributed by atoms with E-state index in [0.717, 1.165) is 23.3 Å². The van der Waals surface area contributed by atoms with E-state index in [1.807, 2.05) is 20.2 Å². The molecule has 0 aromatic carbocycles. The summed E-state index contributed by atoms with van der Waals surface area (Å²) in [4.78, 5) is 8.00. The number of hydrogen-bond donors (Lipinski definition) is 1. The summed E-state index contributed by atoms with van der Waals surface area (Å²) in [5.74, 6) is 0. The van der Waals surface area contributed by atoms with Crippen molar-refractivity contribution in [2.45, 2.75) is 20.0 Å². The molecule has 1 N–H and O–H groups in total. The highest BCUT2D eigenvalue weighted by atomic mass is 79.9. The Morgan fingerprint density at radius 1 is 1.42 bits per heavy atom. The molecule has 0 aliphatic heterocycles. The molecule has 2 heterocycles. The lowest BCUT2D eigenvalue weighted by molar-refractivity contribution is 0.800. The fourth-order valence-electron chi connectivity index (χ4n) is 2.01. The summed E-state index contributed by atoms with van der Waals surface area (Å²) in [6, 6.07) is 4.32. The van der Waals surface area contributed by atoms with Gasteiger partial charge < -0.3 is 10.2 Å². The van der Waals surface area contributed by atoms with Gasteiger partial charge in [0.2, 0.25) is 0 Å².